The highest BCUT2D eigenvalue weighted by atomic mass is 16.5. The number of hydrogen-bond acceptors (Lipinski definition) is 2. The third-order valence-corrected chi connectivity index (χ3v) is 3.03. The van der Waals surface area contributed by atoms with E-state index in [2.05, 4.69) is 5.32 Å². The van der Waals surface area contributed by atoms with Crippen molar-refractivity contribution < 1.29 is 9.53 Å². The van der Waals surface area contributed by atoms with Gasteiger partial charge in [0.15, 0.2) is 6.10 Å². The van der Waals surface area contributed by atoms with Crippen molar-refractivity contribution in [2.75, 3.05) is 0 Å². The highest BCUT2D eigenvalue weighted by molar-refractivity contribution is 5.81. The molecule has 0 spiro atoms. The quantitative estimate of drug-likeness (QED) is 0.841. The number of amides is 1. The number of hydrogen-bond donors (Lipinski definition) is 1. The van der Waals surface area contributed by atoms with Crippen LogP contribution < -0.4 is 10.1 Å². The van der Waals surface area contributed by atoms with Crippen molar-refractivity contribution in [3.05, 3.63) is 29.8 Å². The minimum atomic E-state index is -0.417. The fraction of sp³-hybridized carbons (Fsp3) is 0.533. The highest BCUT2D eigenvalue weighted by Crippen LogP contribution is 2.18. The zero-order valence-electron chi connectivity index (χ0n) is 11.7. The van der Waals surface area contributed by atoms with Gasteiger partial charge >= 0.3 is 0 Å². The first-order chi connectivity index (χ1) is 8.58. The SMILES string of the molecule is CC[C@H](C)NC(=O)[C@@H](CC)Oc1ccccc1C. The van der Waals surface area contributed by atoms with E-state index in [9.17, 15) is 4.79 Å². The van der Waals surface area contributed by atoms with Crippen LogP contribution in [0, 0.1) is 6.92 Å². The molecule has 0 aliphatic carbocycles. The molecule has 0 aliphatic heterocycles. The van der Waals surface area contributed by atoms with Crippen molar-refractivity contribution in [2.45, 2.75) is 52.7 Å². The minimum Gasteiger partial charge on any atom is -0.480 e. The van der Waals surface area contributed by atoms with Gasteiger partial charge < -0.3 is 10.1 Å². The van der Waals surface area contributed by atoms with Crippen LogP contribution in [0.5, 0.6) is 5.75 Å². The van der Waals surface area contributed by atoms with Gasteiger partial charge in [-0.2, -0.15) is 0 Å². The second-order valence-corrected chi connectivity index (χ2v) is 4.60. The van der Waals surface area contributed by atoms with Crippen molar-refractivity contribution in [1.82, 2.24) is 5.32 Å². The second kappa shape index (κ2) is 7.04. The van der Waals surface area contributed by atoms with E-state index in [0.717, 1.165) is 17.7 Å². The molecule has 0 heterocycles. The zero-order valence-corrected chi connectivity index (χ0v) is 11.7. The summed E-state index contributed by atoms with van der Waals surface area (Å²) in [7, 11) is 0. The van der Waals surface area contributed by atoms with Crippen LogP contribution in [0.2, 0.25) is 0 Å². The lowest BCUT2D eigenvalue weighted by Gasteiger charge is -2.20. The maximum absolute atomic E-state index is 12.0. The fourth-order valence-electron chi connectivity index (χ4n) is 1.60. The number of ether oxygens (including phenoxy) is 1. The van der Waals surface area contributed by atoms with Gasteiger partial charge in [0.05, 0.1) is 0 Å². The first-order valence-corrected chi connectivity index (χ1v) is 6.61. The van der Waals surface area contributed by atoms with Gasteiger partial charge in [-0.05, 0) is 38.3 Å². The van der Waals surface area contributed by atoms with E-state index in [1.807, 2.05) is 52.0 Å². The first kappa shape index (κ1) is 14.6. The predicted octanol–water partition coefficient (Wildman–Crippen LogP) is 3.07. The van der Waals surface area contributed by atoms with Crippen molar-refractivity contribution in [3.63, 3.8) is 0 Å². The van der Waals surface area contributed by atoms with Crippen LogP contribution >= 0.6 is 0 Å². The van der Waals surface area contributed by atoms with Crippen LogP contribution in [0.3, 0.4) is 0 Å². The van der Waals surface area contributed by atoms with E-state index in [-0.39, 0.29) is 11.9 Å². The molecule has 1 aromatic carbocycles. The van der Waals surface area contributed by atoms with Crippen LogP contribution in [-0.2, 0) is 4.79 Å². The molecule has 1 N–H and O–H groups in total. The van der Waals surface area contributed by atoms with Crippen molar-refractivity contribution in [1.29, 1.82) is 0 Å². The van der Waals surface area contributed by atoms with Gasteiger partial charge in [0.2, 0.25) is 0 Å². The smallest absolute Gasteiger partial charge is 0.261 e. The standard InChI is InChI=1S/C15H23NO2/c1-5-12(4)16-15(17)13(6-2)18-14-10-8-7-9-11(14)3/h7-10,12-13H,5-6H2,1-4H3,(H,16,17)/t12-,13+/m0/s1. The molecule has 18 heavy (non-hydrogen) atoms. The number of carbonyl (C=O) groups is 1. The van der Waals surface area contributed by atoms with E-state index < -0.39 is 6.10 Å². The lowest BCUT2D eigenvalue weighted by Crippen LogP contribution is -2.42. The molecule has 0 radical (unpaired) electrons. The summed E-state index contributed by atoms with van der Waals surface area (Å²) in [4.78, 5) is 12.0. The lowest BCUT2D eigenvalue weighted by molar-refractivity contribution is -0.128. The van der Waals surface area contributed by atoms with Crippen LogP contribution in [0.4, 0.5) is 0 Å². The van der Waals surface area contributed by atoms with Gasteiger partial charge in [-0.15, -0.1) is 0 Å². The Balaban J connectivity index is 2.67. The third kappa shape index (κ3) is 4.06. The summed E-state index contributed by atoms with van der Waals surface area (Å²) < 4.78 is 5.79. The van der Waals surface area contributed by atoms with Gasteiger partial charge in [0.25, 0.3) is 5.91 Å². The van der Waals surface area contributed by atoms with Crippen LogP contribution in [-0.4, -0.2) is 18.1 Å². The normalized spacial score (nSPS) is 13.8. The van der Waals surface area contributed by atoms with E-state index in [1.54, 1.807) is 0 Å². The minimum absolute atomic E-state index is 0.0323. The second-order valence-electron chi connectivity index (χ2n) is 4.60. The molecule has 1 aromatic rings. The van der Waals surface area contributed by atoms with Crippen LogP contribution in [0.25, 0.3) is 0 Å². The summed E-state index contributed by atoms with van der Waals surface area (Å²) >= 11 is 0. The number of rotatable bonds is 6. The van der Waals surface area contributed by atoms with Crippen molar-refractivity contribution >= 4 is 5.91 Å². The molecule has 0 bridgehead atoms. The van der Waals surface area contributed by atoms with Gasteiger partial charge in [0, 0.05) is 6.04 Å². The Morgan fingerprint density at radius 2 is 1.94 bits per heavy atom. The van der Waals surface area contributed by atoms with E-state index in [1.165, 1.54) is 0 Å². The van der Waals surface area contributed by atoms with E-state index in [4.69, 9.17) is 4.74 Å². The molecule has 1 amide bonds. The summed E-state index contributed by atoms with van der Waals surface area (Å²) in [6, 6.07) is 7.94. The van der Waals surface area contributed by atoms with E-state index in [0.29, 0.717) is 6.42 Å². The average molecular weight is 249 g/mol. The maximum atomic E-state index is 12.0. The highest BCUT2D eigenvalue weighted by Gasteiger charge is 2.19. The Labute approximate surface area is 110 Å². The molecular formula is C15H23NO2. The fourth-order valence-corrected chi connectivity index (χ4v) is 1.60. The molecule has 2 atom stereocenters. The number of aryl methyl sites for hydroxylation is 1. The molecule has 0 unspecified atom stereocenters. The number of benzene rings is 1. The van der Waals surface area contributed by atoms with Gasteiger partial charge in [0.1, 0.15) is 5.75 Å². The van der Waals surface area contributed by atoms with Gasteiger partial charge in [-0.3, -0.25) is 4.79 Å². The van der Waals surface area contributed by atoms with Crippen LogP contribution in [0.15, 0.2) is 24.3 Å². The first-order valence-electron chi connectivity index (χ1n) is 6.61. The summed E-state index contributed by atoms with van der Waals surface area (Å²) in [5.41, 5.74) is 1.05. The largest absolute Gasteiger partial charge is 0.480 e. The molecular weight excluding hydrogens is 226 g/mol. The van der Waals surface area contributed by atoms with Gasteiger partial charge in [-0.1, -0.05) is 32.0 Å². The maximum Gasteiger partial charge on any atom is 0.261 e. The number of para-hydroxylation sites is 1. The molecule has 0 fully saturated rings. The Morgan fingerprint density at radius 3 is 2.50 bits per heavy atom. The molecule has 3 heteroatoms. The molecule has 1 rings (SSSR count). The third-order valence-electron chi connectivity index (χ3n) is 3.03. The molecule has 3 nitrogen and oxygen atoms in total. The molecule has 100 valence electrons. The van der Waals surface area contributed by atoms with Crippen LogP contribution in [0.1, 0.15) is 39.2 Å². The molecule has 0 saturated heterocycles. The average Bonchev–Trinajstić information content (AvgIpc) is 2.37. The summed E-state index contributed by atoms with van der Waals surface area (Å²) in [6.07, 6.45) is 1.17. The van der Waals surface area contributed by atoms with Gasteiger partial charge in [-0.25, -0.2) is 0 Å². The lowest BCUT2D eigenvalue weighted by atomic mass is 10.2. The zero-order chi connectivity index (χ0) is 13.5. The van der Waals surface area contributed by atoms with Crippen molar-refractivity contribution in [3.8, 4) is 5.75 Å². The number of nitrogens with one attached hydrogen (secondary N) is 1. The molecule has 0 aromatic heterocycles. The monoisotopic (exact) mass is 249 g/mol. The summed E-state index contributed by atoms with van der Waals surface area (Å²) in [6.45, 7) is 7.99. The summed E-state index contributed by atoms with van der Waals surface area (Å²) in [5.74, 6) is 0.749. The van der Waals surface area contributed by atoms with E-state index >= 15 is 0 Å². The Kier molecular flexibility index (Phi) is 5.69. The molecule has 0 saturated carbocycles. The Bertz CT molecular complexity index is 390. The Hall–Kier alpha value is -1.51. The predicted molar refractivity (Wildman–Crippen MR) is 73.8 cm³/mol. The number of carbonyl (C=O) groups excluding carboxylic acids is 1. The Morgan fingerprint density at radius 1 is 1.28 bits per heavy atom. The molecule has 0 aliphatic rings. The summed E-state index contributed by atoms with van der Waals surface area (Å²) in [5, 5.41) is 2.96. The van der Waals surface area contributed by atoms with Crippen molar-refractivity contribution in [2.24, 2.45) is 0 Å². The topological polar surface area (TPSA) is 38.3 Å².